The molecule has 0 saturated heterocycles. The van der Waals surface area contributed by atoms with E-state index in [1.807, 2.05) is 17.5 Å². The van der Waals surface area contributed by atoms with E-state index in [0.717, 1.165) is 16.8 Å². The lowest BCUT2D eigenvalue weighted by molar-refractivity contribution is -0.111. The van der Waals surface area contributed by atoms with E-state index in [9.17, 15) is 4.79 Å². The van der Waals surface area contributed by atoms with Gasteiger partial charge in [-0.3, -0.25) is 15.1 Å². The zero-order chi connectivity index (χ0) is 17.8. The molecule has 1 amide bonds. The molecule has 3 aromatic rings. The molecule has 25 heavy (non-hydrogen) atoms. The number of nitrogens with one attached hydrogen (secondary N) is 1. The fraction of sp³-hybridized carbons (Fsp3) is 0.150. The van der Waals surface area contributed by atoms with Gasteiger partial charge in [0.05, 0.1) is 5.69 Å². The van der Waals surface area contributed by atoms with Gasteiger partial charge in [-0.1, -0.05) is 18.2 Å². The van der Waals surface area contributed by atoms with Gasteiger partial charge in [-0.2, -0.15) is 0 Å². The summed E-state index contributed by atoms with van der Waals surface area (Å²) in [5.74, 6) is -0.207. The van der Waals surface area contributed by atoms with Crippen molar-refractivity contribution in [1.29, 1.82) is 0 Å². The summed E-state index contributed by atoms with van der Waals surface area (Å²) in [4.78, 5) is 20.6. The Morgan fingerprint density at radius 3 is 2.76 bits per heavy atom. The van der Waals surface area contributed by atoms with Crippen molar-refractivity contribution < 1.29 is 4.79 Å². The Morgan fingerprint density at radius 2 is 2.00 bits per heavy atom. The molecular weight excluding hydrogens is 330 g/mol. The van der Waals surface area contributed by atoms with E-state index in [2.05, 4.69) is 48.2 Å². The molecule has 2 aromatic heterocycles. The molecule has 0 aliphatic heterocycles. The van der Waals surface area contributed by atoms with E-state index < -0.39 is 0 Å². The van der Waals surface area contributed by atoms with Gasteiger partial charge in [0.2, 0.25) is 5.91 Å². The van der Waals surface area contributed by atoms with E-state index in [1.54, 1.807) is 18.5 Å². The van der Waals surface area contributed by atoms with E-state index in [1.165, 1.54) is 34.1 Å². The third-order valence-corrected chi connectivity index (χ3v) is 4.94. The summed E-state index contributed by atoms with van der Waals surface area (Å²) in [6, 6.07) is 7.91. The van der Waals surface area contributed by atoms with Crippen LogP contribution in [0.2, 0.25) is 0 Å². The average molecular weight is 349 g/mol. The van der Waals surface area contributed by atoms with Crippen molar-refractivity contribution in [3.8, 4) is 11.3 Å². The quantitative estimate of drug-likeness (QED) is 0.690. The van der Waals surface area contributed by atoms with Gasteiger partial charge < -0.3 is 0 Å². The van der Waals surface area contributed by atoms with E-state index in [4.69, 9.17) is 0 Å². The number of pyridine rings is 1. The standard InChI is InChI=1S/C20H19N3OS/c1-13-6-8-17(15(3)14(13)2)18-12-25-20(22-18)23-19(24)9-7-16-5-4-10-21-11-16/h4-12H,1-3H3,(H,22,23,24)/b9-7+. The van der Waals surface area contributed by atoms with Crippen LogP contribution in [0.3, 0.4) is 0 Å². The maximum atomic E-state index is 12.0. The molecule has 1 N–H and O–H groups in total. The topological polar surface area (TPSA) is 54.9 Å². The van der Waals surface area contributed by atoms with Crippen LogP contribution in [0.1, 0.15) is 22.3 Å². The summed E-state index contributed by atoms with van der Waals surface area (Å²) in [6.07, 6.45) is 6.61. The normalized spacial score (nSPS) is 11.0. The largest absolute Gasteiger partial charge is 0.298 e. The number of hydrogen-bond donors (Lipinski definition) is 1. The molecule has 0 aliphatic rings. The molecule has 0 radical (unpaired) electrons. The third-order valence-electron chi connectivity index (χ3n) is 4.18. The van der Waals surface area contributed by atoms with Crippen molar-refractivity contribution in [2.24, 2.45) is 0 Å². The van der Waals surface area contributed by atoms with Crippen molar-refractivity contribution in [1.82, 2.24) is 9.97 Å². The first kappa shape index (κ1) is 17.0. The predicted molar refractivity (Wildman–Crippen MR) is 104 cm³/mol. The molecule has 1 aromatic carbocycles. The minimum absolute atomic E-state index is 0.207. The lowest BCUT2D eigenvalue weighted by Crippen LogP contribution is -2.07. The molecule has 0 fully saturated rings. The Bertz CT molecular complexity index is 929. The highest BCUT2D eigenvalue weighted by Crippen LogP contribution is 2.30. The number of thiazole rings is 1. The van der Waals surface area contributed by atoms with E-state index in [-0.39, 0.29) is 5.91 Å². The number of carbonyl (C=O) groups is 1. The SMILES string of the molecule is Cc1ccc(-c2csc(NC(=O)/C=C/c3cccnc3)n2)c(C)c1C. The third kappa shape index (κ3) is 4.00. The van der Waals surface area contributed by atoms with Crippen LogP contribution in [0.5, 0.6) is 0 Å². The Morgan fingerprint density at radius 1 is 1.16 bits per heavy atom. The average Bonchev–Trinajstić information content (AvgIpc) is 3.07. The fourth-order valence-corrected chi connectivity index (χ4v) is 3.20. The number of hydrogen-bond acceptors (Lipinski definition) is 4. The van der Waals surface area contributed by atoms with Gasteiger partial charge >= 0.3 is 0 Å². The van der Waals surface area contributed by atoms with Crippen molar-refractivity contribution in [2.45, 2.75) is 20.8 Å². The van der Waals surface area contributed by atoms with E-state index in [0.29, 0.717) is 5.13 Å². The molecule has 0 bridgehead atoms. The number of benzene rings is 1. The number of carbonyl (C=O) groups excluding carboxylic acids is 1. The first-order valence-corrected chi connectivity index (χ1v) is 8.84. The molecule has 4 nitrogen and oxygen atoms in total. The molecule has 0 aliphatic carbocycles. The van der Waals surface area contributed by atoms with Gasteiger partial charge in [-0.05, 0) is 55.2 Å². The summed E-state index contributed by atoms with van der Waals surface area (Å²) in [5, 5.41) is 5.37. The molecule has 0 unspecified atom stereocenters. The smallest absolute Gasteiger partial charge is 0.250 e. The second kappa shape index (κ2) is 7.40. The highest BCUT2D eigenvalue weighted by atomic mass is 32.1. The first-order valence-electron chi connectivity index (χ1n) is 7.96. The summed E-state index contributed by atoms with van der Waals surface area (Å²) in [7, 11) is 0. The van der Waals surface area contributed by atoms with Crippen molar-refractivity contribution in [3.05, 3.63) is 70.4 Å². The molecular formula is C20H19N3OS. The molecule has 3 rings (SSSR count). The number of amides is 1. The Kier molecular flexibility index (Phi) is 5.05. The van der Waals surface area contributed by atoms with Gasteiger partial charge in [0.1, 0.15) is 0 Å². The van der Waals surface area contributed by atoms with Crippen LogP contribution < -0.4 is 5.32 Å². The van der Waals surface area contributed by atoms with Gasteiger partial charge in [0, 0.05) is 29.4 Å². The van der Waals surface area contributed by atoms with E-state index >= 15 is 0 Å². The zero-order valence-corrected chi connectivity index (χ0v) is 15.2. The Labute approximate surface area is 151 Å². The Hall–Kier alpha value is -2.79. The second-order valence-electron chi connectivity index (χ2n) is 5.83. The minimum Gasteiger partial charge on any atom is -0.298 e. The van der Waals surface area contributed by atoms with Gasteiger partial charge in [0.25, 0.3) is 0 Å². The summed E-state index contributed by atoms with van der Waals surface area (Å²) < 4.78 is 0. The van der Waals surface area contributed by atoms with Crippen LogP contribution in [0.4, 0.5) is 5.13 Å². The number of nitrogens with zero attached hydrogens (tertiary/aromatic N) is 2. The van der Waals surface area contributed by atoms with Crippen LogP contribution in [0.15, 0.2) is 48.1 Å². The molecule has 126 valence electrons. The molecule has 0 saturated carbocycles. The van der Waals surface area contributed by atoms with Crippen LogP contribution in [0, 0.1) is 20.8 Å². The monoisotopic (exact) mass is 349 g/mol. The number of anilines is 1. The maximum Gasteiger partial charge on any atom is 0.250 e. The van der Waals surface area contributed by atoms with Crippen LogP contribution in [-0.2, 0) is 4.79 Å². The van der Waals surface area contributed by atoms with Crippen LogP contribution in [-0.4, -0.2) is 15.9 Å². The highest BCUT2D eigenvalue weighted by Gasteiger charge is 2.10. The highest BCUT2D eigenvalue weighted by molar-refractivity contribution is 7.14. The van der Waals surface area contributed by atoms with Crippen molar-refractivity contribution >= 4 is 28.5 Å². The number of aryl methyl sites for hydroxylation is 1. The lowest BCUT2D eigenvalue weighted by atomic mass is 9.97. The lowest BCUT2D eigenvalue weighted by Gasteiger charge is -2.09. The number of aromatic nitrogens is 2. The number of rotatable bonds is 4. The summed E-state index contributed by atoms with van der Waals surface area (Å²) >= 11 is 1.42. The second-order valence-corrected chi connectivity index (χ2v) is 6.68. The predicted octanol–water partition coefficient (Wildman–Crippen LogP) is 4.78. The molecule has 0 spiro atoms. The molecule has 2 heterocycles. The van der Waals surface area contributed by atoms with Gasteiger partial charge in [0.15, 0.2) is 5.13 Å². The minimum atomic E-state index is -0.207. The summed E-state index contributed by atoms with van der Waals surface area (Å²) in [5.41, 5.74) is 6.63. The first-order chi connectivity index (χ1) is 12.0. The van der Waals surface area contributed by atoms with Crippen LogP contribution >= 0.6 is 11.3 Å². The fourth-order valence-electron chi connectivity index (χ4n) is 2.48. The van der Waals surface area contributed by atoms with Gasteiger partial charge in [-0.25, -0.2) is 4.98 Å². The zero-order valence-electron chi connectivity index (χ0n) is 14.4. The Balaban J connectivity index is 1.73. The molecule has 5 heteroatoms. The van der Waals surface area contributed by atoms with Crippen molar-refractivity contribution in [3.63, 3.8) is 0 Å². The summed E-state index contributed by atoms with van der Waals surface area (Å²) in [6.45, 7) is 6.33. The van der Waals surface area contributed by atoms with Crippen molar-refractivity contribution in [2.75, 3.05) is 5.32 Å². The molecule has 0 atom stereocenters. The maximum absolute atomic E-state index is 12.0. The van der Waals surface area contributed by atoms with Crippen LogP contribution in [0.25, 0.3) is 17.3 Å². The van der Waals surface area contributed by atoms with Gasteiger partial charge in [-0.15, -0.1) is 11.3 Å².